The van der Waals surface area contributed by atoms with E-state index in [-0.39, 0.29) is 24.9 Å². The number of aliphatic hydroxyl groups is 1. The van der Waals surface area contributed by atoms with Crippen LogP contribution in [0.15, 0.2) is 59.0 Å². The molecule has 3 rings (SSSR count). The highest BCUT2D eigenvalue weighted by molar-refractivity contribution is 5.96. The maximum atomic E-state index is 12.2. The smallest absolute Gasteiger partial charge is 0.287 e. The summed E-state index contributed by atoms with van der Waals surface area (Å²) in [5, 5.41) is 12.6. The number of carbonyl (C=O) groups is 1. The predicted octanol–water partition coefficient (Wildman–Crippen LogP) is 2.73. The zero-order valence-electron chi connectivity index (χ0n) is 12.5. The van der Waals surface area contributed by atoms with Gasteiger partial charge in [-0.2, -0.15) is 0 Å². The van der Waals surface area contributed by atoms with E-state index in [1.807, 2.05) is 42.5 Å². The van der Waals surface area contributed by atoms with Crippen molar-refractivity contribution in [1.29, 1.82) is 0 Å². The zero-order chi connectivity index (χ0) is 16.1. The third kappa shape index (κ3) is 3.52. The Morgan fingerprint density at radius 1 is 1.13 bits per heavy atom. The summed E-state index contributed by atoms with van der Waals surface area (Å²) in [6.45, 7) is 0.478. The molecule has 0 saturated carbocycles. The Morgan fingerprint density at radius 3 is 2.74 bits per heavy atom. The first-order valence-corrected chi connectivity index (χ1v) is 7.36. The zero-order valence-corrected chi connectivity index (χ0v) is 12.5. The van der Waals surface area contributed by atoms with Crippen LogP contribution in [0.5, 0.6) is 5.75 Å². The van der Waals surface area contributed by atoms with E-state index in [4.69, 9.17) is 14.3 Å². The number of fused-ring (bicyclic) bond motifs is 1. The average Bonchev–Trinajstić information content (AvgIpc) is 3.02. The van der Waals surface area contributed by atoms with Gasteiger partial charge in [0, 0.05) is 17.5 Å². The Hall–Kier alpha value is -2.79. The van der Waals surface area contributed by atoms with Crippen molar-refractivity contribution in [3.8, 4) is 5.75 Å². The number of para-hydroxylation sites is 2. The van der Waals surface area contributed by atoms with Crippen LogP contribution in [0, 0.1) is 0 Å². The molecule has 0 aliphatic heterocycles. The average molecular weight is 311 g/mol. The molecule has 2 aromatic carbocycles. The van der Waals surface area contributed by atoms with Crippen molar-refractivity contribution >= 4 is 16.9 Å². The van der Waals surface area contributed by atoms with Crippen molar-refractivity contribution < 1.29 is 19.1 Å². The molecular formula is C18H17NO4. The van der Waals surface area contributed by atoms with Gasteiger partial charge in [0.15, 0.2) is 5.76 Å². The van der Waals surface area contributed by atoms with Gasteiger partial charge < -0.3 is 19.6 Å². The quantitative estimate of drug-likeness (QED) is 0.734. The predicted molar refractivity (Wildman–Crippen MR) is 86.4 cm³/mol. The van der Waals surface area contributed by atoms with Crippen LogP contribution in [0.3, 0.4) is 0 Å². The number of hydrogen-bond donors (Lipinski definition) is 2. The standard InChI is InChI=1S/C18H17NO4/c20-9-10-22-15-7-3-2-6-14(15)12-19-18(21)17-11-13-5-1-4-8-16(13)23-17/h1-8,11,20H,9-10,12H2,(H,19,21). The minimum Gasteiger partial charge on any atom is -0.491 e. The van der Waals surface area contributed by atoms with Crippen molar-refractivity contribution in [3.63, 3.8) is 0 Å². The topological polar surface area (TPSA) is 71.7 Å². The summed E-state index contributed by atoms with van der Waals surface area (Å²) in [7, 11) is 0. The third-order valence-corrected chi connectivity index (χ3v) is 3.41. The van der Waals surface area contributed by atoms with Crippen molar-refractivity contribution in [2.75, 3.05) is 13.2 Å². The minimum atomic E-state index is -0.279. The monoisotopic (exact) mass is 311 g/mol. The molecule has 0 atom stereocenters. The van der Waals surface area contributed by atoms with E-state index in [0.29, 0.717) is 17.9 Å². The van der Waals surface area contributed by atoms with E-state index < -0.39 is 0 Å². The molecule has 1 amide bonds. The highest BCUT2D eigenvalue weighted by Gasteiger charge is 2.12. The van der Waals surface area contributed by atoms with Gasteiger partial charge in [-0.15, -0.1) is 0 Å². The third-order valence-electron chi connectivity index (χ3n) is 3.41. The first-order valence-electron chi connectivity index (χ1n) is 7.36. The maximum Gasteiger partial charge on any atom is 0.287 e. The molecule has 0 fully saturated rings. The van der Waals surface area contributed by atoms with Crippen LogP contribution in [-0.4, -0.2) is 24.2 Å². The van der Waals surface area contributed by atoms with E-state index in [2.05, 4.69) is 5.32 Å². The fraction of sp³-hybridized carbons (Fsp3) is 0.167. The number of aliphatic hydroxyl groups excluding tert-OH is 1. The Morgan fingerprint density at radius 2 is 1.91 bits per heavy atom. The number of nitrogens with one attached hydrogen (secondary N) is 1. The van der Waals surface area contributed by atoms with Crippen LogP contribution in [0.1, 0.15) is 16.1 Å². The number of amides is 1. The van der Waals surface area contributed by atoms with Crippen molar-refractivity contribution in [2.45, 2.75) is 6.54 Å². The van der Waals surface area contributed by atoms with Crippen LogP contribution in [0.4, 0.5) is 0 Å². The Bertz CT molecular complexity index is 776. The first kappa shape index (κ1) is 15.1. The maximum absolute atomic E-state index is 12.2. The van der Waals surface area contributed by atoms with Crippen LogP contribution >= 0.6 is 0 Å². The van der Waals surface area contributed by atoms with Crippen LogP contribution in [0.25, 0.3) is 11.0 Å². The van der Waals surface area contributed by atoms with Gasteiger partial charge in [-0.1, -0.05) is 36.4 Å². The molecule has 0 aliphatic carbocycles. The number of benzene rings is 2. The highest BCUT2D eigenvalue weighted by Crippen LogP contribution is 2.20. The van der Waals surface area contributed by atoms with E-state index in [1.165, 1.54) is 0 Å². The lowest BCUT2D eigenvalue weighted by atomic mass is 10.2. The molecule has 2 N–H and O–H groups in total. The fourth-order valence-electron chi connectivity index (χ4n) is 2.30. The summed E-state index contributed by atoms with van der Waals surface area (Å²) in [5.41, 5.74) is 1.52. The molecule has 23 heavy (non-hydrogen) atoms. The lowest BCUT2D eigenvalue weighted by molar-refractivity contribution is 0.0925. The molecule has 0 radical (unpaired) electrons. The van der Waals surface area contributed by atoms with Gasteiger partial charge in [0.1, 0.15) is 17.9 Å². The second kappa shape index (κ2) is 6.98. The summed E-state index contributed by atoms with van der Waals surface area (Å²) in [5.74, 6) is 0.643. The minimum absolute atomic E-state index is 0.0559. The highest BCUT2D eigenvalue weighted by atomic mass is 16.5. The summed E-state index contributed by atoms with van der Waals surface area (Å²) in [6.07, 6.45) is 0. The molecule has 0 aliphatic rings. The van der Waals surface area contributed by atoms with E-state index in [1.54, 1.807) is 12.1 Å². The fourth-order valence-corrected chi connectivity index (χ4v) is 2.30. The SMILES string of the molecule is O=C(NCc1ccccc1OCCO)c1cc2ccccc2o1. The molecular weight excluding hydrogens is 294 g/mol. The molecule has 0 spiro atoms. The van der Waals surface area contributed by atoms with Gasteiger partial charge in [0.2, 0.25) is 0 Å². The largest absolute Gasteiger partial charge is 0.491 e. The second-order valence-electron chi connectivity index (χ2n) is 5.01. The molecule has 0 unspecified atom stereocenters. The Kier molecular flexibility index (Phi) is 4.59. The summed E-state index contributed by atoms with van der Waals surface area (Å²) in [4.78, 5) is 12.2. The second-order valence-corrected chi connectivity index (χ2v) is 5.01. The summed E-state index contributed by atoms with van der Waals surface area (Å²) >= 11 is 0. The van der Waals surface area contributed by atoms with Crippen LogP contribution < -0.4 is 10.1 Å². The number of ether oxygens (including phenoxy) is 1. The Balaban J connectivity index is 1.69. The summed E-state index contributed by atoms with van der Waals surface area (Å²) < 4.78 is 11.0. The number of carbonyl (C=O) groups excluding carboxylic acids is 1. The van der Waals surface area contributed by atoms with Gasteiger partial charge >= 0.3 is 0 Å². The van der Waals surface area contributed by atoms with E-state index >= 15 is 0 Å². The van der Waals surface area contributed by atoms with E-state index in [9.17, 15) is 4.79 Å². The Labute approximate surface area is 133 Å². The van der Waals surface area contributed by atoms with Gasteiger partial charge in [0.05, 0.1) is 6.61 Å². The molecule has 5 nitrogen and oxygen atoms in total. The number of rotatable bonds is 6. The molecule has 1 aromatic heterocycles. The van der Waals surface area contributed by atoms with Crippen LogP contribution in [0.2, 0.25) is 0 Å². The van der Waals surface area contributed by atoms with Gasteiger partial charge in [-0.05, 0) is 18.2 Å². The van der Waals surface area contributed by atoms with Gasteiger partial charge in [0.25, 0.3) is 5.91 Å². The van der Waals surface area contributed by atoms with Gasteiger partial charge in [-0.3, -0.25) is 4.79 Å². The van der Waals surface area contributed by atoms with Crippen molar-refractivity contribution in [3.05, 3.63) is 65.9 Å². The van der Waals surface area contributed by atoms with Crippen LogP contribution in [-0.2, 0) is 6.54 Å². The molecule has 3 aromatic rings. The summed E-state index contributed by atoms with van der Waals surface area (Å²) in [6, 6.07) is 16.6. The molecule has 0 saturated heterocycles. The molecule has 118 valence electrons. The van der Waals surface area contributed by atoms with Gasteiger partial charge in [-0.25, -0.2) is 0 Å². The van der Waals surface area contributed by atoms with Crippen molar-refractivity contribution in [1.82, 2.24) is 5.32 Å². The molecule has 0 bridgehead atoms. The molecule has 1 heterocycles. The van der Waals surface area contributed by atoms with E-state index in [0.717, 1.165) is 10.9 Å². The first-order chi connectivity index (χ1) is 11.3. The number of furan rings is 1. The number of hydrogen-bond acceptors (Lipinski definition) is 4. The van der Waals surface area contributed by atoms with Crippen molar-refractivity contribution in [2.24, 2.45) is 0 Å². The lowest BCUT2D eigenvalue weighted by Crippen LogP contribution is -2.22. The molecule has 5 heteroatoms. The lowest BCUT2D eigenvalue weighted by Gasteiger charge is -2.10. The normalized spacial score (nSPS) is 10.7.